The van der Waals surface area contributed by atoms with Crippen LogP contribution in [0.4, 0.5) is 13.2 Å². The lowest BCUT2D eigenvalue weighted by molar-refractivity contribution is -0.137. The Hall–Kier alpha value is -1.45. The average molecular weight is 478 g/mol. The number of rotatable bonds is 3. The third-order valence-electron chi connectivity index (χ3n) is 5.08. The monoisotopic (exact) mass is 477 g/mol. The zero-order chi connectivity index (χ0) is 20.7. The molecule has 2 aromatic rings. The number of pyridine rings is 1. The maximum absolute atomic E-state index is 13.3. The van der Waals surface area contributed by atoms with Crippen molar-refractivity contribution in [2.24, 2.45) is 0 Å². The number of hydrogen-bond acceptors (Lipinski definition) is 4. The SMILES string of the molecule is Cc1cc(Br)cnc1C1C[C@@](C)(S(=O)(=O)c2cccc(C(F)(F)F)c2)CCO1. The number of benzene rings is 1. The van der Waals surface area contributed by atoms with Gasteiger partial charge in [-0.1, -0.05) is 6.07 Å². The summed E-state index contributed by atoms with van der Waals surface area (Å²) in [4.78, 5) is 4.02. The molecule has 0 N–H and O–H groups in total. The first-order valence-corrected chi connectivity index (χ1v) is 10.9. The molecule has 2 atom stereocenters. The predicted octanol–water partition coefficient (Wildman–Crippen LogP) is 5.26. The Balaban J connectivity index is 1.97. The van der Waals surface area contributed by atoms with Gasteiger partial charge in [0, 0.05) is 17.3 Å². The van der Waals surface area contributed by atoms with Gasteiger partial charge in [0.1, 0.15) is 6.10 Å². The van der Waals surface area contributed by atoms with Crippen LogP contribution < -0.4 is 0 Å². The molecule has 152 valence electrons. The molecule has 2 heterocycles. The molecule has 3 rings (SSSR count). The Morgan fingerprint density at radius 1 is 1.29 bits per heavy atom. The van der Waals surface area contributed by atoms with Crippen molar-refractivity contribution in [3.05, 3.63) is 57.8 Å². The highest BCUT2D eigenvalue weighted by Crippen LogP contribution is 2.43. The van der Waals surface area contributed by atoms with Crippen molar-refractivity contribution in [2.45, 2.75) is 48.6 Å². The second-order valence-electron chi connectivity index (χ2n) is 7.15. The van der Waals surface area contributed by atoms with E-state index in [-0.39, 0.29) is 24.3 Å². The van der Waals surface area contributed by atoms with Crippen LogP contribution in [0.5, 0.6) is 0 Å². The maximum Gasteiger partial charge on any atom is 0.416 e. The van der Waals surface area contributed by atoms with Gasteiger partial charge < -0.3 is 4.74 Å². The topological polar surface area (TPSA) is 56.3 Å². The van der Waals surface area contributed by atoms with E-state index < -0.39 is 32.4 Å². The van der Waals surface area contributed by atoms with Crippen molar-refractivity contribution in [3.63, 3.8) is 0 Å². The van der Waals surface area contributed by atoms with E-state index in [1.54, 1.807) is 13.1 Å². The van der Waals surface area contributed by atoms with Crippen LogP contribution in [0, 0.1) is 6.92 Å². The summed E-state index contributed by atoms with van der Waals surface area (Å²) in [5, 5.41) is 0. The highest BCUT2D eigenvalue weighted by atomic mass is 79.9. The molecule has 1 aliphatic rings. The molecule has 0 amide bonds. The van der Waals surface area contributed by atoms with E-state index in [0.717, 1.165) is 22.2 Å². The van der Waals surface area contributed by atoms with Gasteiger partial charge in [0.15, 0.2) is 9.84 Å². The largest absolute Gasteiger partial charge is 0.416 e. The van der Waals surface area contributed by atoms with E-state index in [4.69, 9.17) is 4.74 Å². The Morgan fingerprint density at radius 3 is 2.64 bits per heavy atom. The first kappa shape index (κ1) is 21.3. The molecular formula is C19H19BrF3NO3S. The number of aryl methyl sites for hydroxylation is 1. The second-order valence-corrected chi connectivity index (χ2v) is 10.5. The molecule has 1 fully saturated rings. The number of aromatic nitrogens is 1. The van der Waals surface area contributed by atoms with Gasteiger partial charge in [0.25, 0.3) is 0 Å². The van der Waals surface area contributed by atoms with Crippen molar-refractivity contribution in [1.29, 1.82) is 0 Å². The lowest BCUT2D eigenvalue weighted by atomic mass is 9.93. The van der Waals surface area contributed by atoms with Gasteiger partial charge in [-0.25, -0.2) is 8.42 Å². The second kappa shape index (κ2) is 7.42. The average Bonchev–Trinajstić information content (AvgIpc) is 2.61. The molecule has 1 saturated heterocycles. The summed E-state index contributed by atoms with van der Waals surface area (Å²) in [5.74, 6) is 0. The Bertz CT molecular complexity index is 994. The maximum atomic E-state index is 13.3. The highest BCUT2D eigenvalue weighted by Gasteiger charge is 2.46. The molecular weight excluding hydrogens is 459 g/mol. The molecule has 1 aromatic carbocycles. The van der Waals surface area contributed by atoms with Crippen LogP contribution in [0.15, 0.2) is 45.9 Å². The molecule has 1 unspecified atom stereocenters. The van der Waals surface area contributed by atoms with Crippen LogP contribution in [0.25, 0.3) is 0 Å². The standard InChI is InChI=1S/C19H19BrF3NO3S/c1-12-8-14(20)11-24-17(12)16-10-18(2,6-7-27-16)28(25,26)15-5-3-4-13(9-15)19(21,22)23/h3-5,8-9,11,16H,6-7,10H2,1-2H3/t16?,18-/m0/s1. The van der Waals surface area contributed by atoms with Crippen molar-refractivity contribution >= 4 is 25.8 Å². The number of halogens is 4. The third kappa shape index (κ3) is 3.97. The molecule has 0 spiro atoms. The Labute approximate surface area is 170 Å². The molecule has 0 aliphatic carbocycles. The first-order valence-electron chi connectivity index (χ1n) is 8.60. The summed E-state index contributed by atoms with van der Waals surface area (Å²) in [6, 6.07) is 5.76. The van der Waals surface area contributed by atoms with Crippen LogP contribution >= 0.6 is 15.9 Å². The van der Waals surface area contributed by atoms with E-state index in [1.165, 1.54) is 6.07 Å². The fraction of sp³-hybridized carbons (Fsp3) is 0.421. The molecule has 1 aliphatic heterocycles. The van der Waals surface area contributed by atoms with Crippen molar-refractivity contribution in [3.8, 4) is 0 Å². The first-order chi connectivity index (χ1) is 12.9. The molecule has 4 nitrogen and oxygen atoms in total. The minimum Gasteiger partial charge on any atom is -0.372 e. The van der Waals surface area contributed by atoms with E-state index in [0.29, 0.717) is 11.8 Å². The van der Waals surface area contributed by atoms with Gasteiger partial charge >= 0.3 is 6.18 Å². The van der Waals surface area contributed by atoms with E-state index >= 15 is 0 Å². The van der Waals surface area contributed by atoms with Crippen molar-refractivity contribution in [1.82, 2.24) is 4.98 Å². The number of ether oxygens (including phenoxy) is 1. The van der Waals surface area contributed by atoms with Gasteiger partial charge in [0.2, 0.25) is 0 Å². The normalized spacial score (nSPS) is 23.6. The quantitative estimate of drug-likeness (QED) is 0.605. The van der Waals surface area contributed by atoms with Crippen molar-refractivity contribution < 1.29 is 26.3 Å². The number of hydrogen-bond donors (Lipinski definition) is 0. The molecule has 1 aromatic heterocycles. The Morgan fingerprint density at radius 2 is 2.00 bits per heavy atom. The van der Waals surface area contributed by atoms with Crippen LogP contribution in [0.2, 0.25) is 0 Å². The minimum atomic E-state index is -4.61. The Kier molecular flexibility index (Phi) is 5.64. The summed E-state index contributed by atoms with van der Waals surface area (Å²) in [6.45, 7) is 3.59. The van der Waals surface area contributed by atoms with Gasteiger partial charge in [-0.05, 0) is 72.4 Å². The molecule has 28 heavy (non-hydrogen) atoms. The number of nitrogens with zero attached hydrogens (tertiary/aromatic N) is 1. The van der Waals surface area contributed by atoms with Crippen LogP contribution in [0.1, 0.15) is 42.7 Å². The lowest BCUT2D eigenvalue weighted by Gasteiger charge is -2.37. The minimum absolute atomic E-state index is 0.112. The van der Waals surface area contributed by atoms with Crippen LogP contribution in [0.3, 0.4) is 0 Å². The van der Waals surface area contributed by atoms with Crippen molar-refractivity contribution in [2.75, 3.05) is 6.61 Å². The zero-order valence-electron chi connectivity index (χ0n) is 15.3. The molecule has 0 bridgehead atoms. The fourth-order valence-corrected chi connectivity index (χ4v) is 5.68. The molecule has 9 heteroatoms. The fourth-order valence-electron chi connectivity index (χ4n) is 3.40. The van der Waals surface area contributed by atoms with E-state index in [1.807, 2.05) is 13.0 Å². The predicted molar refractivity (Wildman–Crippen MR) is 102 cm³/mol. The summed E-state index contributed by atoms with van der Waals surface area (Å²) < 4.78 is 70.9. The summed E-state index contributed by atoms with van der Waals surface area (Å²) in [5.41, 5.74) is 0.500. The van der Waals surface area contributed by atoms with Gasteiger partial charge in [-0.2, -0.15) is 13.2 Å². The van der Waals surface area contributed by atoms with E-state index in [2.05, 4.69) is 20.9 Å². The van der Waals surface area contributed by atoms with Crippen LogP contribution in [-0.2, 0) is 20.8 Å². The third-order valence-corrected chi connectivity index (χ3v) is 8.05. The molecule has 0 radical (unpaired) electrons. The summed E-state index contributed by atoms with van der Waals surface area (Å²) in [7, 11) is -4.02. The number of sulfone groups is 1. The van der Waals surface area contributed by atoms with Gasteiger partial charge in [0.05, 0.1) is 20.9 Å². The molecule has 0 saturated carbocycles. The van der Waals surface area contributed by atoms with E-state index in [9.17, 15) is 21.6 Å². The summed E-state index contributed by atoms with van der Waals surface area (Å²) >= 11 is 3.34. The van der Waals surface area contributed by atoms with Gasteiger partial charge in [-0.15, -0.1) is 0 Å². The van der Waals surface area contributed by atoms with Crippen LogP contribution in [-0.4, -0.2) is 24.8 Å². The zero-order valence-corrected chi connectivity index (χ0v) is 17.7. The number of alkyl halides is 3. The summed E-state index contributed by atoms with van der Waals surface area (Å²) in [6.07, 6.45) is -3.24. The highest BCUT2D eigenvalue weighted by molar-refractivity contribution is 9.10. The van der Waals surface area contributed by atoms with Gasteiger partial charge in [-0.3, -0.25) is 4.98 Å². The smallest absolute Gasteiger partial charge is 0.372 e. The lowest BCUT2D eigenvalue weighted by Crippen LogP contribution is -2.42.